The number of sulfone groups is 1. The maximum atomic E-state index is 11.4. The predicted molar refractivity (Wildman–Crippen MR) is 47.8 cm³/mol. The molecular formula is C6H9N5O2S. The number of rotatable bonds is 3. The number of hydrogen-bond donors (Lipinski definition) is 1. The van der Waals surface area contributed by atoms with Gasteiger partial charge in [-0.3, -0.25) is 0 Å². The molecule has 1 heterocycles. The summed E-state index contributed by atoms with van der Waals surface area (Å²) in [6.45, 7) is 1.37. The Labute approximate surface area is 81.0 Å². The summed E-state index contributed by atoms with van der Waals surface area (Å²) in [5.74, 6) is -0.184. The first-order chi connectivity index (χ1) is 6.53. The molecule has 0 amide bonds. The van der Waals surface area contributed by atoms with E-state index < -0.39 is 9.84 Å². The van der Waals surface area contributed by atoms with Gasteiger partial charge in [0.05, 0.1) is 11.8 Å². The van der Waals surface area contributed by atoms with Gasteiger partial charge in [-0.1, -0.05) is 12.1 Å². The minimum absolute atomic E-state index is 0.0894. The van der Waals surface area contributed by atoms with Crippen LogP contribution >= 0.6 is 0 Å². The van der Waals surface area contributed by atoms with Crippen molar-refractivity contribution in [2.24, 2.45) is 0 Å². The molecule has 14 heavy (non-hydrogen) atoms. The zero-order chi connectivity index (χ0) is 10.8. The third-order valence-corrected chi connectivity index (χ3v) is 3.28. The molecule has 1 rings (SSSR count). The second-order valence-electron chi connectivity index (χ2n) is 2.50. The lowest BCUT2D eigenvalue weighted by molar-refractivity contribution is 0.593. The summed E-state index contributed by atoms with van der Waals surface area (Å²) in [7, 11) is -3.46. The van der Waals surface area contributed by atoms with Crippen molar-refractivity contribution in [1.29, 1.82) is 5.26 Å². The highest BCUT2D eigenvalue weighted by atomic mass is 32.2. The molecule has 0 bridgehead atoms. The minimum Gasteiger partial charge on any atom is -0.381 e. The van der Waals surface area contributed by atoms with Gasteiger partial charge in [-0.05, 0) is 0 Å². The summed E-state index contributed by atoms with van der Waals surface area (Å²) in [5, 5.41) is 15.0. The molecule has 0 unspecified atom stereocenters. The summed E-state index contributed by atoms with van der Waals surface area (Å²) in [5.41, 5.74) is 5.46. The molecule has 8 heteroatoms. The summed E-state index contributed by atoms with van der Waals surface area (Å²) in [6.07, 6.45) is 0. The van der Waals surface area contributed by atoms with Crippen LogP contribution in [0.2, 0.25) is 0 Å². The molecule has 1 aromatic rings. The molecule has 2 N–H and O–H groups in total. The van der Waals surface area contributed by atoms with Gasteiger partial charge in [-0.15, -0.1) is 5.10 Å². The normalized spacial score (nSPS) is 11.1. The number of hydrogen-bond acceptors (Lipinski definition) is 6. The van der Waals surface area contributed by atoms with Crippen LogP contribution in [0.5, 0.6) is 0 Å². The maximum absolute atomic E-state index is 11.4. The lowest BCUT2D eigenvalue weighted by atomic mass is 10.7. The van der Waals surface area contributed by atoms with E-state index in [0.717, 1.165) is 4.68 Å². The van der Waals surface area contributed by atoms with E-state index in [0.29, 0.717) is 0 Å². The summed E-state index contributed by atoms with van der Waals surface area (Å²) < 4.78 is 23.8. The Morgan fingerprint density at radius 1 is 1.64 bits per heavy atom. The summed E-state index contributed by atoms with van der Waals surface area (Å²) in [4.78, 5) is 0. The van der Waals surface area contributed by atoms with Gasteiger partial charge in [0.2, 0.25) is 14.9 Å². The molecule has 0 spiro atoms. The fourth-order valence-electron chi connectivity index (χ4n) is 0.846. The topological polar surface area (TPSA) is 115 Å². The van der Waals surface area contributed by atoms with Crippen molar-refractivity contribution < 1.29 is 8.42 Å². The molecule has 0 radical (unpaired) electrons. The minimum atomic E-state index is -3.46. The van der Waals surface area contributed by atoms with E-state index in [9.17, 15) is 8.42 Å². The zero-order valence-electron chi connectivity index (χ0n) is 7.51. The number of nitrogens with zero attached hydrogens (tertiary/aromatic N) is 4. The van der Waals surface area contributed by atoms with Gasteiger partial charge < -0.3 is 5.73 Å². The number of aromatic nitrogens is 3. The lowest BCUT2D eigenvalue weighted by Gasteiger charge is -1.97. The first-order valence-corrected chi connectivity index (χ1v) is 5.46. The molecular weight excluding hydrogens is 206 g/mol. The van der Waals surface area contributed by atoms with Crippen LogP contribution in [0.15, 0.2) is 5.03 Å². The highest BCUT2D eigenvalue weighted by molar-refractivity contribution is 7.91. The Kier molecular flexibility index (Phi) is 2.71. The van der Waals surface area contributed by atoms with Gasteiger partial charge in [0, 0.05) is 0 Å². The first kappa shape index (κ1) is 10.5. The average molecular weight is 215 g/mol. The number of nitrogens with two attached hydrogens (primary N) is 1. The molecule has 0 saturated heterocycles. The first-order valence-electron chi connectivity index (χ1n) is 3.81. The van der Waals surface area contributed by atoms with Crippen molar-refractivity contribution in [3.8, 4) is 6.07 Å². The number of anilines is 1. The van der Waals surface area contributed by atoms with E-state index in [4.69, 9.17) is 11.0 Å². The van der Waals surface area contributed by atoms with Gasteiger partial charge >= 0.3 is 0 Å². The van der Waals surface area contributed by atoms with Crippen LogP contribution in [0.3, 0.4) is 0 Å². The number of nitriles is 1. The van der Waals surface area contributed by atoms with E-state index in [2.05, 4.69) is 10.3 Å². The molecule has 0 aromatic carbocycles. The van der Waals surface area contributed by atoms with E-state index in [1.54, 1.807) is 6.07 Å². The molecule has 1 aromatic heterocycles. The molecule has 0 saturated carbocycles. The SMILES string of the molecule is CCS(=O)(=O)c1nnn(CC#N)c1N. The van der Waals surface area contributed by atoms with Crippen LogP contribution in [0.4, 0.5) is 5.82 Å². The maximum Gasteiger partial charge on any atom is 0.221 e. The van der Waals surface area contributed by atoms with Gasteiger partial charge in [-0.25, -0.2) is 13.1 Å². The Morgan fingerprint density at radius 2 is 2.29 bits per heavy atom. The van der Waals surface area contributed by atoms with Crippen LogP contribution in [0.1, 0.15) is 6.92 Å². The van der Waals surface area contributed by atoms with E-state index in [1.165, 1.54) is 6.92 Å². The monoisotopic (exact) mass is 215 g/mol. The fraction of sp³-hybridized carbons (Fsp3) is 0.500. The van der Waals surface area contributed by atoms with Crippen LogP contribution in [0.25, 0.3) is 0 Å². The van der Waals surface area contributed by atoms with Crippen molar-refractivity contribution in [2.75, 3.05) is 11.5 Å². The van der Waals surface area contributed by atoms with Crippen LogP contribution in [0, 0.1) is 11.3 Å². The quantitative estimate of drug-likeness (QED) is 0.704. The second-order valence-corrected chi connectivity index (χ2v) is 4.69. The smallest absolute Gasteiger partial charge is 0.221 e. The standard InChI is InChI=1S/C6H9N5O2S/c1-2-14(12,13)6-5(8)11(4-3-7)10-9-6/h2,4,8H2,1H3. The third kappa shape index (κ3) is 1.67. The van der Waals surface area contributed by atoms with Gasteiger partial charge in [-0.2, -0.15) is 5.26 Å². The van der Waals surface area contributed by atoms with E-state index in [1.807, 2.05) is 0 Å². The summed E-state index contributed by atoms with van der Waals surface area (Å²) in [6, 6.07) is 1.79. The molecule has 0 aliphatic heterocycles. The van der Waals surface area contributed by atoms with Gasteiger partial charge in [0.25, 0.3) is 0 Å². The van der Waals surface area contributed by atoms with Crippen LogP contribution < -0.4 is 5.73 Å². The molecule has 0 fully saturated rings. The second kappa shape index (κ2) is 3.63. The van der Waals surface area contributed by atoms with E-state index in [-0.39, 0.29) is 23.1 Å². The fourth-order valence-corrected chi connectivity index (χ4v) is 1.70. The predicted octanol–water partition coefficient (Wildman–Crippen LogP) is -0.823. The van der Waals surface area contributed by atoms with Crippen molar-refractivity contribution in [3.63, 3.8) is 0 Å². The Morgan fingerprint density at radius 3 is 2.79 bits per heavy atom. The molecule has 76 valence electrons. The van der Waals surface area contributed by atoms with Crippen molar-refractivity contribution in [2.45, 2.75) is 18.5 Å². The Balaban J connectivity index is 3.22. The Hall–Kier alpha value is -1.62. The van der Waals surface area contributed by atoms with Crippen molar-refractivity contribution in [1.82, 2.24) is 15.0 Å². The van der Waals surface area contributed by atoms with Gasteiger partial charge in [0.1, 0.15) is 6.54 Å². The highest BCUT2D eigenvalue weighted by Crippen LogP contribution is 2.15. The van der Waals surface area contributed by atoms with Gasteiger partial charge in [0.15, 0.2) is 5.82 Å². The average Bonchev–Trinajstić information content (AvgIpc) is 2.50. The van der Waals surface area contributed by atoms with Crippen molar-refractivity contribution in [3.05, 3.63) is 0 Å². The Bertz CT molecular complexity index is 469. The lowest BCUT2D eigenvalue weighted by Crippen LogP contribution is -2.09. The number of nitrogen functional groups attached to an aromatic ring is 1. The zero-order valence-corrected chi connectivity index (χ0v) is 8.32. The highest BCUT2D eigenvalue weighted by Gasteiger charge is 2.21. The molecule has 0 aliphatic rings. The van der Waals surface area contributed by atoms with Crippen LogP contribution in [-0.4, -0.2) is 29.2 Å². The van der Waals surface area contributed by atoms with E-state index >= 15 is 0 Å². The summed E-state index contributed by atoms with van der Waals surface area (Å²) >= 11 is 0. The third-order valence-electron chi connectivity index (χ3n) is 1.64. The van der Waals surface area contributed by atoms with Crippen LogP contribution in [-0.2, 0) is 16.4 Å². The largest absolute Gasteiger partial charge is 0.381 e. The molecule has 0 aliphatic carbocycles. The molecule has 0 atom stereocenters. The van der Waals surface area contributed by atoms with Crippen molar-refractivity contribution >= 4 is 15.7 Å². The molecule has 7 nitrogen and oxygen atoms in total.